The third kappa shape index (κ3) is 20.0. The molecule has 2 fully saturated rings. The van der Waals surface area contributed by atoms with Gasteiger partial charge in [-0.15, -0.1) is 12.4 Å². The average Bonchev–Trinajstić information content (AvgIpc) is 1.62. The molecule has 3 N–H and O–H groups in total. The Morgan fingerprint density at radius 2 is 0.856 bits per heavy atom. The van der Waals surface area contributed by atoms with Gasteiger partial charge in [0.25, 0.3) is 0 Å². The van der Waals surface area contributed by atoms with Gasteiger partial charge in [-0.05, 0) is 243 Å². The van der Waals surface area contributed by atoms with Crippen LogP contribution >= 0.6 is 12.4 Å². The van der Waals surface area contributed by atoms with Gasteiger partial charge in [0, 0.05) is 37.3 Å². The van der Waals surface area contributed by atoms with Crippen molar-refractivity contribution in [3.8, 4) is 69.0 Å². The number of carboxylic acids is 2. The van der Waals surface area contributed by atoms with Gasteiger partial charge in [-0.3, -0.25) is 19.2 Å². The summed E-state index contributed by atoms with van der Waals surface area (Å²) >= 11 is 0. The quantitative estimate of drug-likeness (QED) is 0.0505. The first-order chi connectivity index (χ1) is 49.4. The Morgan fingerprint density at radius 1 is 0.471 bits per heavy atom. The Hall–Kier alpha value is -10.1. The Bertz CT molecular complexity index is 4130. The van der Waals surface area contributed by atoms with Crippen molar-refractivity contribution in [2.24, 2.45) is 0 Å². The molecule has 3 aliphatic carbocycles. The van der Waals surface area contributed by atoms with Crippen molar-refractivity contribution in [1.29, 1.82) is 0 Å². The van der Waals surface area contributed by atoms with Crippen LogP contribution in [0.25, 0.3) is 40.0 Å². The van der Waals surface area contributed by atoms with Crippen LogP contribution in [0.4, 0.5) is 0 Å². The lowest BCUT2D eigenvalue weighted by molar-refractivity contribution is -0.136. The van der Waals surface area contributed by atoms with Gasteiger partial charge in [-0.2, -0.15) is 0 Å². The number of halogens is 1. The van der Waals surface area contributed by atoms with Crippen molar-refractivity contribution in [3.05, 3.63) is 158 Å². The first-order valence-corrected chi connectivity index (χ1v) is 33.6. The highest BCUT2D eigenvalue weighted by atomic mass is 35.5. The van der Waals surface area contributed by atoms with Crippen LogP contribution in [0.2, 0.25) is 0 Å². The lowest BCUT2D eigenvalue weighted by Crippen LogP contribution is -2.34. The lowest BCUT2D eigenvalue weighted by Gasteiger charge is -2.21. The molecule has 22 nitrogen and oxygen atoms in total. The topological polar surface area (TPSA) is 241 Å². The molecule has 11 rings (SSSR count). The van der Waals surface area contributed by atoms with Crippen LogP contribution in [0.5, 0.6) is 69.0 Å². The third-order valence-corrected chi connectivity index (χ3v) is 18.8. The maximum Gasteiger partial charge on any atom is 0.307 e. The van der Waals surface area contributed by atoms with Gasteiger partial charge in [0.1, 0.15) is 23.5 Å². The molecule has 104 heavy (non-hydrogen) atoms. The second-order valence-electron chi connectivity index (χ2n) is 25.3. The number of nitrogens with one attached hydrogen (secondary N) is 1. The molecule has 6 aromatic carbocycles. The minimum Gasteiger partial charge on any atom is -0.497 e. The Labute approximate surface area is 617 Å². The summed E-state index contributed by atoms with van der Waals surface area (Å²) in [7, 11) is 27.3. The van der Waals surface area contributed by atoms with Crippen LogP contribution in [-0.2, 0) is 20.8 Å². The molecule has 2 atom stereocenters. The maximum absolute atomic E-state index is 13.4. The van der Waals surface area contributed by atoms with Crippen molar-refractivity contribution >= 4 is 76.6 Å². The number of nitrogens with zero attached hydrogens (tertiary/aromatic N) is 3. The fourth-order valence-corrected chi connectivity index (χ4v) is 13.1. The van der Waals surface area contributed by atoms with Crippen LogP contribution in [0, 0.1) is 0 Å². The highest BCUT2D eigenvalue weighted by Crippen LogP contribution is 2.49. The summed E-state index contributed by atoms with van der Waals surface area (Å²) in [6.45, 7) is 9.96. The highest BCUT2D eigenvalue weighted by molar-refractivity contribution is 6.09. The summed E-state index contributed by atoms with van der Waals surface area (Å²) in [4.78, 5) is 52.7. The monoisotopic (exact) mass is 1450 g/mol. The van der Waals surface area contributed by atoms with Gasteiger partial charge in [0.05, 0.1) is 105 Å². The molecule has 2 aliphatic heterocycles. The average molecular weight is 1450 g/mol. The van der Waals surface area contributed by atoms with E-state index in [9.17, 15) is 24.3 Å². The van der Waals surface area contributed by atoms with Crippen LogP contribution < -0.4 is 62.2 Å². The van der Waals surface area contributed by atoms with Gasteiger partial charge in [0.15, 0.2) is 34.5 Å². The molecule has 0 aromatic heterocycles. The minimum atomic E-state index is -0.873. The van der Waals surface area contributed by atoms with E-state index in [1.165, 1.54) is 46.4 Å². The number of fused-ring (bicyclic) bond motifs is 3. The largest absolute Gasteiger partial charge is 0.497 e. The number of benzene rings is 6. The van der Waals surface area contributed by atoms with E-state index in [1.807, 2.05) is 97.6 Å². The molecule has 5 aliphatic rings. The predicted molar refractivity (Wildman–Crippen MR) is 410 cm³/mol. The number of hydrogen-bond acceptors (Lipinski definition) is 19. The van der Waals surface area contributed by atoms with E-state index in [1.54, 1.807) is 76.1 Å². The van der Waals surface area contributed by atoms with Crippen LogP contribution in [0.15, 0.2) is 108 Å². The maximum atomic E-state index is 13.4. The van der Waals surface area contributed by atoms with Crippen molar-refractivity contribution < 1.29 is 86.2 Å². The van der Waals surface area contributed by atoms with Crippen molar-refractivity contribution in [1.82, 2.24) is 20.0 Å². The van der Waals surface area contributed by atoms with Crippen LogP contribution in [0.3, 0.4) is 0 Å². The van der Waals surface area contributed by atoms with E-state index in [-0.39, 0.29) is 31.2 Å². The molecule has 1 amide bonds. The Kier molecular flexibility index (Phi) is 31.0. The van der Waals surface area contributed by atoms with E-state index in [0.29, 0.717) is 75.5 Å². The van der Waals surface area contributed by atoms with Crippen LogP contribution in [-0.4, -0.2) is 201 Å². The molecule has 23 heteroatoms. The number of ether oxygens (including phenoxy) is 12. The SMILES string of the molecule is CN(C)[C@@H]1CCNC1.COc1cc(C=O)cc(OC)c1OC.COc1ccc2c(c1)C(CC(=O)N1CC[C@@H](N(C)C)C1)=C(C)/C2=C/c1cc(OC)c(OC)c(OC)c1.COc1ccc2c(c1)C(CC(=O)O)=C(C)/C2=C/c1cc(OC)c(OC)c(OC)c1.COc1ccc2c(c1)C(CC(=O)O)=C(C)C2.Cl. The normalized spacial score (nSPS) is 15.9. The second-order valence-corrected chi connectivity index (χ2v) is 25.3. The molecule has 560 valence electrons. The molecule has 2 heterocycles. The number of carbonyl (C=O) groups excluding carboxylic acids is 2. The summed E-state index contributed by atoms with van der Waals surface area (Å²) < 4.78 is 64.1. The number of amides is 1. The number of aldehydes is 1. The number of methoxy groups -OCH3 is 12. The van der Waals surface area contributed by atoms with Gasteiger partial charge >= 0.3 is 11.9 Å². The number of carbonyl (C=O) groups is 4. The zero-order chi connectivity index (χ0) is 75.4. The second kappa shape index (κ2) is 38.9. The minimum absolute atomic E-state index is 0. The lowest BCUT2D eigenvalue weighted by atomic mass is 10.00. The van der Waals surface area contributed by atoms with Crippen molar-refractivity contribution in [2.75, 3.05) is 140 Å². The van der Waals surface area contributed by atoms with Gasteiger partial charge in [-0.1, -0.05) is 23.8 Å². The predicted octanol–water partition coefficient (Wildman–Crippen LogP) is 13.5. The van der Waals surface area contributed by atoms with E-state index >= 15 is 0 Å². The van der Waals surface area contributed by atoms with Crippen LogP contribution in [0.1, 0.15) is 108 Å². The zero-order valence-corrected chi connectivity index (χ0v) is 64.1. The third-order valence-electron chi connectivity index (χ3n) is 18.8. The summed E-state index contributed by atoms with van der Waals surface area (Å²) in [5.41, 5.74) is 16.4. The fourth-order valence-electron chi connectivity index (χ4n) is 13.1. The van der Waals surface area contributed by atoms with Gasteiger partial charge in [0.2, 0.25) is 23.2 Å². The zero-order valence-electron chi connectivity index (χ0n) is 63.3. The highest BCUT2D eigenvalue weighted by Gasteiger charge is 2.33. The van der Waals surface area contributed by atoms with Crippen molar-refractivity contribution in [3.63, 3.8) is 0 Å². The standard InChI is InChI=1S/C29H36N2O5.C23H24O6.C13H14O3.C10H12O4.C6H14N2.ClH/c1-18-23(12-19-13-26(34-5)29(36-7)27(14-19)35-6)22-9-8-21(33-4)15-25(22)24(18)16-28(32)31-11-10-20(17-31)30(2)3;1-13-17(8-14-9-20(27-3)23(29-5)21(10-14)28-4)16-7-6-15(26-2)11-19(16)18(13)12-22(24)25;1-8-5-9-3-4-10(16-2)6-12(9)11(8)7-13(14)15;1-12-8-4-7(6-11)5-9(13-2)10(8)14-3;1-8(2)6-3-4-7-5-6;/h8-9,12-15,20H,10-11,16-17H2,1-7H3;6-11H,12H2,1-5H3,(H,24,25);3-4,6H,5,7H2,1-2H3,(H,14,15);4-6H,1-3H3;6-7H,3-5H2,1-2H3;1H/b23-12-;17-8-;;;;/t20-;;;;6-;/m1...1./s1. The number of likely N-dealkylation sites (N-methyl/N-ethyl adjacent to an activating group) is 2. The summed E-state index contributed by atoms with van der Waals surface area (Å²) in [5, 5.41) is 21.6. The number of carboxylic acid groups (broad SMARTS) is 2. The van der Waals surface area contributed by atoms with E-state index in [2.05, 4.69) is 62.4 Å². The summed E-state index contributed by atoms with van der Waals surface area (Å²) in [6.07, 6.45) is 8.40. The van der Waals surface area contributed by atoms with Crippen molar-refractivity contribution in [2.45, 2.75) is 71.4 Å². The smallest absolute Gasteiger partial charge is 0.307 e. The summed E-state index contributed by atoms with van der Waals surface area (Å²) in [6, 6.07) is 29.6. The van der Waals surface area contributed by atoms with E-state index in [0.717, 1.165) is 133 Å². The first-order valence-electron chi connectivity index (χ1n) is 33.6. The Balaban J connectivity index is 0.000000221. The molecule has 0 spiro atoms. The molecule has 0 radical (unpaired) electrons. The number of hydrogen-bond donors (Lipinski definition) is 3. The summed E-state index contributed by atoms with van der Waals surface area (Å²) in [5.74, 6) is 5.56. The Morgan fingerprint density at radius 3 is 1.19 bits per heavy atom. The number of likely N-dealkylation sites (tertiary alicyclic amines) is 1. The molecule has 0 unspecified atom stereocenters. The number of aliphatic carboxylic acids is 2. The molecule has 0 saturated carbocycles. The van der Waals surface area contributed by atoms with Gasteiger partial charge in [-0.25, -0.2) is 0 Å². The number of rotatable bonds is 23. The fraction of sp³-hybridized carbons (Fsp3) is 0.383. The molecule has 6 aromatic rings. The number of allylic oxidation sites excluding steroid dienone is 5. The van der Waals surface area contributed by atoms with E-state index < -0.39 is 11.9 Å². The molecule has 0 bridgehead atoms. The van der Waals surface area contributed by atoms with E-state index in [4.69, 9.17) is 61.9 Å². The molecular formula is C81H101ClN4O18. The first kappa shape index (κ1) is 82.8. The molecular weight excluding hydrogens is 1350 g/mol. The molecule has 2 saturated heterocycles. The van der Waals surface area contributed by atoms with Gasteiger partial charge < -0.3 is 87.1 Å².